The maximum atomic E-state index is 6.21. The molecule has 2 aromatic heterocycles. The Hall–Kier alpha value is -1.13. The molecular formula is C13H19ClN4. The third-order valence-electron chi connectivity index (χ3n) is 3.18. The van der Waals surface area contributed by atoms with Crippen LogP contribution in [0.25, 0.3) is 11.0 Å². The molecular weight excluding hydrogens is 248 g/mol. The van der Waals surface area contributed by atoms with Crippen LogP contribution in [0.15, 0.2) is 18.5 Å². The van der Waals surface area contributed by atoms with E-state index in [4.69, 9.17) is 11.6 Å². The van der Waals surface area contributed by atoms with Crippen molar-refractivity contribution in [2.24, 2.45) is 0 Å². The molecule has 0 bridgehead atoms. The molecule has 0 aliphatic rings. The van der Waals surface area contributed by atoms with E-state index >= 15 is 0 Å². The van der Waals surface area contributed by atoms with Gasteiger partial charge in [0.05, 0.1) is 17.1 Å². The van der Waals surface area contributed by atoms with E-state index in [1.54, 1.807) is 12.4 Å². The number of rotatable bonds is 5. The van der Waals surface area contributed by atoms with Crippen LogP contribution >= 0.6 is 11.6 Å². The first-order valence-electron chi connectivity index (χ1n) is 6.26. The average Bonchev–Trinajstić information content (AvgIpc) is 2.75. The molecule has 1 unspecified atom stereocenters. The lowest BCUT2D eigenvalue weighted by Crippen LogP contribution is -2.23. The smallest absolute Gasteiger partial charge is 0.127 e. The topological polar surface area (TPSA) is 34.0 Å². The molecule has 5 heteroatoms. The van der Waals surface area contributed by atoms with Crippen molar-refractivity contribution in [1.29, 1.82) is 0 Å². The van der Waals surface area contributed by atoms with E-state index in [1.807, 2.05) is 13.0 Å². The summed E-state index contributed by atoms with van der Waals surface area (Å²) in [5, 5.41) is -0.0932. The van der Waals surface area contributed by atoms with Crippen LogP contribution in [0.4, 0.5) is 0 Å². The van der Waals surface area contributed by atoms with E-state index in [1.165, 1.54) is 0 Å². The minimum absolute atomic E-state index is 0.0932. The number of pyridine rings is 1. The Kier molecular flexibility index (Phi) is 4.19. The molecule has 0 amide bonds. The second-order valence-electron chi connectivity index (χ2n) is 4.50. The van der Waals surface area contributed by atoms with Crippen molar-refractivity contribution in [3.8, 4) is 0 Å². The Balaban J connectivity index is 2.36. The summed E-state index contributed by atoms with van der Waals surface area (Å²) in [4.78, 5) is 10.9. The summed E-state index contributed by atoms with van der Waals surface area (Å²) < 4.78 is 2.20. The Morgan fingerprint density at radius 2 is 2.28 bits per heavy atom. The van der Waals surface area contributed by atoms with Crippen LogP contribution in [-0.4, -0.2) is 39.6 Å². The van der Waals surface area contributed by atoms with E-state index in [0.717, 1.165) is 36.5 Å². The number of fused-ring (bicyclic) bond motifs is 1. The van der Waals surface area contributed by atoms with Crippen molar-refractivity contribution < 1.29 is 0 Å². The summed E-state index contributed by atoms with van der Waals surface area (Å²) in [6.07, 6.45) is 3.59. The molecule has 2 heterocycles. The summed E-state index contributed by atoms with van der Waals surface area (Å²) in [5.74, 6) is 0.921. The van der Waals surface area contributed by atoms with Crippen LogP contribution < -0.4 is 0 Å². The number of aromatic nitrogens is 3. The maximum absolute atomic E-state index is 6.21. The molecule has 0 saturated heterocycles. The zero-order valence-corrected chi connectivity index (χ0v) is 11.9. The standard InChI is InChI=1S/C13H19ClN4/c1-4-17(3)7-8-18-12-5-6-15-9-11(12)16-13(18)10(2)14/h5-6,9-10H,4,7-8H2,1-3H3. The van der Waals surface area contributed by atoms with Gasteiger partial charge in [-0.3, -0.25) is 4.98 Å². The van der Waals surface area contributed by atoms with Crippen molar-refractivity contribution in [2.45, 2.75) is 25.8 Å². The Morgan fingerprint density at radius 3 is 2.94 bits per heavy atom. The molecule has 0 fully saturated rings. The number of likely N-dealkylation sites (N-methyl/N-ethyl adjacent to an activating group) is 1. The molecule has 1 atom stereocenters. The number of imidazole rings is 1. The Labute approximate surface area is 113 Å². The first-order chi connectivity index (χ1) is 8.63. The lowest BCUT2D eigenvalue weighted by Gasteiger charge is -2.16. The summed E-state index contributed by atoms with van der Waals surface area (Å²) in [6, 6.07) is 2.00. The zero-order valence-electron chi connectivity index (χ0n) is 11.1. The van der Waals surface area contributed by atoms with Gasteiger partial charge in [0.15, 0.2) is 0 Å². The third-order valence-corrected chi connectivity index (χ3v) is 3.38. The van der Waals surface area contributed by atoms with Crippen LogP contribution in [0.3, 0.4) is 0 Å². The zero-order chi connectivity index (χ0) is 13.1. The first kappa shape index (κ1) is 13.3. The maximum Gasteiger partial charge on any atom is 0.127 e. The van der Waals surface area contributed by atoms with Crippen molar-refractivity contribution >= 4 is 22.6 Å². The monoisotopic (exact) mass is 266 g/mol. The largest absolute Gasteiger partial charge is 0.325 e. The van der Waals surface area contributed by atoms with Gasteiger partial charge in [-0.25, -0.2) is 4.98 Å². The molecule has 0 aliphatic carbocycles. The van der Waals surface area contributed by atoms with Crippen LogP contribution in [-0.2, 0) is 6.54 Å². The van der Waals surface area contributed by atoms with E-state index in [-0.39, 0.29) is 5.38 Å². The fraction of sp³-hybridized carbons (Fsp3) is 0.538. The highest BCUT2D eigenvalue weighted by atomic mass is 35.5. The van der Waals surface area contributed by atoms with Crippen molar-refractivity contribution in [3.05, 3.63) is 24.3 Å². The number of halogens is 1. The van der Waals surface area contributed by atoms with Gasteiger partial charge >= 0.3 is 0 Å². The SMILES string of the molecule is CCN(C)CCn1c(C(C)Cl)nc2cnccc21. The number of nitrogens with zero attached hydrogens (tertiary/aromatic N) is 4. The van der Waals surface area contributed by atoms with Crippen LogP contribution in [0.5, 0.6) is 0 Å². The van der Waals surface area contributed by atoms with Gasteiger partial charge in [0.1, 0.15) is 11.3 Å². The predicted molar refractivity (Wildman–Crippen MR) is 75.0 cm³/mol. The highest BCUT2D eigenvalue weighted by Gasteiger charge is 2.14. The molecule has 18 heavy (non-hydrogen) atoms. The van der Waals surface area contributed by atoms with Crippen LogP contribution in [0.2, 0.25) is 0 Å². The minimum Gasteiger partial charge on any atom is -0.325 e. The van der Waals surface area contributed by atoms with Crippen molar-refractivity contribution in [3.63, 3.8) is 0 Å². The van der Waals surface area contributed by atoms with E-state index in [9.17, 15) is 0 Å². The summed E-state index contributed by atoms with van der Waals surface area (Å²) in [5.41, 5.74) is 2.02. The lowest BCUT2D eigenvalue weighted by atomic mass is 10.4. The number of hydrogen-bond donors (Lipinski definition) is 0. The minimum atomic E-state index is -0.0932. The fourth-order valence-electron chi connectivity index (χ4n) is 1.97. The normalized spacial score (nSPS) is 13.4. The molecule has 4 nitrogen and oxygen atoms in total. The number of alkyl halides is 1. The highest BCUT2D eigenvalue weighted by Crippen LogP contribution is 2.23. The van der Waals surface area contributed by atoms with Gasteiger partial charge < -0.3 is 9.47 Å². The molecule has 2 rings (SSSR count). The van der Waals surface area contributed by atoms with Gasteiger partial charge in [-0.2, -0.15) is 0 Å². The van der Waals surface area contributed by atoms with Crippen molar-refractivity contribution in [1.82, 2.24) is 19.4 Å². The first-order valence-corrected chi connectivity index (χ1v) is 6.70. The Bertz CT molecular complexity index is 521. The second kappa shape index (κ2) is 5.67. The van der Waals surface area contributed by atoms with E-state index < -0.39 is 0 Å². The van der Waals surface area contributed by atoms with Gasteiger partial charge in [0, 0.05) is 19.3 Å². The third kappa shape index (κ3) is 2.65. The van der Waals surface area contributed by atoms with E-state index in [2.05, 4.69) is 33.4 Å². The second-order valence-corrected chi connectivity index (χ2v) is 5.15. The van der Waals surface area contributed by atoms with Crippen LogP contribution in [0.1, 0.15) is 25.0 Å². The molecule has 0 aliphatic heterocycles. The van der Waals surface area contributed by atoms with Crippen molar-refractivity contribution in [2.75, 3.05) is 20.1 Å². The summed E-state index contributed by atoms with van der Waals surface area (Å²) >= 11 is 6.21. The van der Waals surface area contributed by atoms with Gasteiger partial charge in [-0.15, -0.1) is 11.6 Å². The molecule has 0 radical (unpaired) electrons. The van der Waals surface area contributed by atoms with Gasteiger partial charge in [-0.05, 0) is 26.6 Å². The lowest BCUT2D eigenvalue weighted by molar-refractivity contribution is 0.335. The van der Waals surface area contributed by atoms with E-state index in [0.29, 0.717) is 0 Å². The Morgan fingerprint density at radius 1 is 1.50 bits per heavy atom. The summed E-state index contributed by atoms with van der Waals surface area (Å²) in [7, 11) is 2.12. The molecule has 0 spiro atoms. The molecule has 0 N–H and O–H groups in total. The molecule has 2 aromatic rings. The van der Waals surface area contributed by atoms with Gasteiger partial charge in [0.2, 0.25) is 0 Å². The molecule has 0 aromatic carbocycles. The average molecular weight is 267 g/mol. The quantitative estimate of drug-likeness (QED) is 0.781. The number of hydrogen-bond acceptors (Lipinski definition) is 3. The van der Waals surface area contributed by atoms with Crippen LogP contribution in [0, 0.1) is 0 Å². The van der Waals surface area contributed by atoms with Gasteiger partial charge in [-0.1, -0.05) is 6.92 Å². The summed E-state index contributed by atoms with van der Waals surface area (Å²) in [6.45, 7) is 7.04. The molecule has 0 saturated carbocycles. The van der Waals surface area contributed by atoms with Gasteiger partial charge in [0.25, 0.3) is 0 Å². The fourth-order valence-corrected chi connectivity index (χ4v) is 2.13. The highest BCUT2D eigenvalue weighted by molar-refractivity contribution is 6.20. The molecule has 98 valence electrons. The predicted octanol–water partition coefficient (Wildman–Crippen LogP) is 2.68.